The molecule has 0 saturated carbocycles. The van der Waals surface area contributed by atoms with Crippen LogP contribution in [0.4, 0.5) is 0 Å². The van der Waals surface area contributed by atoms with E-state index < -0.39 is 96.3 Å². The van der Waals surface area contributed by atoms with E-state index in [-0.39, 0.29) is 68.0 Å². The summed E-state index contributed by atoms with van der Waals surface area (Å²) in [5.74, 6) is -4.83. The fraction of sp³-hybridized carbons (Fsp3) is 0.389. The maximum Gasteiger partial charge on any atom is 0.243 e. The average Bonchev–Trinajstić information content (AvgIpc) is 4.31. The quantitative estimate of drug-likeness (QED) is 0.00556. The topological polar surface area (TPSA) is 436 Å². The molecule has 2 aromatic heterocycles. The molecule has 5 aromatic rings. The van der Waals surface area contributed by atoms with Crippen LogP contribution < -0.4 is 71.4 Å². The van der Waals surface area contributed by atoms with E-state index in [2.05, 4.69) is 88.0 Å². The van der Waals surface area contributed by atoms with Gasteiger partial charge in [0.15, 0.2) is 11.9 Å². The zero-order chi connectivity index (χ0) is 61.9. The van der Waals surface area contributed by atoms with Crippen molar-refractivity contribution in [2.24, 2.45) is 38.7 Å². The van der Waals surface area contributed by atoms with Crippen molar-refractivity contribution in [3.8, 4) is 0 Å². The third kappa shape index (κ3) is 22.2. The Morgan fingerprint density at radius 3 is 1.50 bits per heavy atom. The Morgan fingerprint density at radius 2 is 1.00 bits per heavy atom. The number of benzene rings is 3. The van der Waals surface area contributed by atoms with Crippen molar-refractivity contribution in [1.29, 1.82) is 0 Å². The molecule has 7 amide bonds. The van der Waals surface area contributed by atoms with Crippen LogP contribution in [0.2, 0.25) is 0 Å². The predicted octanol–water partition coefficient (Wildman–Crippen LogP) is -1.71. The Balaban J connectivity index is 0.000000610. The number of thiol groups is 2. The van der Waals surface area contributed by atoms with E-state index in [1.165, 1.54) is 13.8 Å². The van der Waals surface area contributed by atoms with E-state index in [0.29, 0.717) is 30.5 Å². The van der Waals surface area contributed by atoms with Gasteiger partial charge in [0.05, 0.1) is 18.1 Å². The van der Waals surface area contributed by atoms with Crippen molar-refractivity contribution < 1.29 is 45.9 Å². The Bertz CT molecular complexity index is 3100. The molecule has 0 radical (unpaired) electrons. The van der Waals surface area contributed by atoms with Gasteiger partial charge in [0.25, 0.3) is 0 Å². The number of nitrogens with zero attached hydrogens (tertiary/aromatic N) is 2. The molecule has 82 heavy (non-hydrogen) atoms. The predicted molar refractivity (Wildman–Crippen MR) is 320 cm³/mol. The number of rotatable bonds is 33. The van der Waals surface area contributed by atoms with Crippen LogP contribution in [0.3, 0.4) is 0 Å². The van der Waals surface area contributed by atoms with Crippen LogP contribution in [-0.2, 0) is 62.4 Å². The number of hydrogen-bond acceptors (Lipinski definition) is 15. The molecule has 5 rings (SSSR count). The van der Waals surface area contributed by atoms with Crippen molar-refractivity contribution in [2.75, 3.05) is 24.6 Å². The molecule has 442 valence electrons. The highest BCUT2D eigenvalue weighted by molar-refractivity contribution is 7.80. The molecule has 26 nitrogen and oxygen atoms in total. The van der Waals surface area contributed by atoms with Gasteiger partial charge in [-0.2, -0.15) is 25.3 Å². The largest absolute Gasteiger partial charge is 0.370 e. The number of nitrogens with one attached hydrogen (secondary N) is 10. The second-order valence-electron chi connectivity index (χ2n) is 18.8. The van der Waals surface area contributed by atoms with Crippen LogP contribution in [0.5, 0.6) is 0 Å². The summed E-state index contributed by atoms with van der Waals surface area (Å²) < 4.78 is 14.9. The third-order valence-electron chi connectivity index (χ3n) is 12.5. The minimum atomic E-state index is -1.26. The number of hydrazine groups is 1. The summed E-state index contributed by atoms with van der Waals surface area (Å²) in [6.07, 6.45) is 2.83. The van der Waals surface area contributed by atoms with Gasteiger partial charge in [-0.3, -0.25) is 43.5 Å². The number of H-pyrrole nitrogens is 2. The van der Waals surface area contributed by atoms with Gasteiger partial charge < -0.3 is 80.1 Å². The van der Waals surface area contributed by atoms with E-state index in [4.69, 9.17) is 31.4 Å². The van der Waals surface area contributed by atoms with Gasteiger partial charge in [0.2, 0.25) is 41.4 Å². The molecule has 2 heterocycles. The lowest BCUT2D eigenvalue weighted by Crippen LogP contribution is -2.60. The molecular formula is C54H75N17O9S2. The number of amides is 7. The highest BCUT2D eigenvalue weighted by Gasteiger charge is 2.32. The van der Waals surface area contributed by atoms with Crippen molar-refractivity contribution in [2.45, 2.75) is 107 Å². The van der Waals surface area contributed by atoms with Crippen LogP contribution in [0.25, 0.3) is 21.8 Å². The van der Waals surface area contributed by atoms with Crippen LogP contribution in [0.1, 0.15) is 59.0 Å². The first-order valence-corrected chi connectivity index (χ1v) is 27.3. The lowest BCUT2D eigenvalue weighted by atomic mass is 10.0. The number of aromatic amines is 2. The lowest BCUT2D eigenvalue weighted by molar-refractivity contribution is -0.134. The van der Waals surface area contributed by atoms with E-state index in [1.54, 1.807) is 42.7 Å². The minimum absolute atomic E-state index is 0.00558. The summed E-state index contributed by atoms with van der Waals surface area (Å²) >= 11 is 8.03. The average molecular weight is 1170 g/mol. The molecular weight excluding hydrogens is 1090 g/mol. The van der Waals surface area contributed by atoms with Crippen molar-refractivity contribution >= 4 is 113 Å². The minimum Gasteiger partial charge on any atom is -0.370 e. The van der Waals surface area contributed by atoms with E-state index in [1.807, 2.05) is 48.5 Å². The van der Waals surface area contributed by atoms with Gasteiger partial charge in [-0.25, -0.2) is 10.9 Å². The summed E-state index contributed by atoms with van der Waals surface area (Å²) in [7, 11) is 0. The number of carbonyl (C=O) groups excluding carboxylic acids is 9. The van der Waals surface area contributed by atoms with Crippen LogP contribution >= 0.6 is 25.3 Å². The van der Waals surface area contributed by atoms with Gasteiger partial charge in [-0.05, 0) is 67.9 Å². The molecule has 20 N–H and O–H groups in total. The number of primary amides is 1. The number of fused-ring (bicyclic) bond motifs is 2. The van der Waals surface area contributed by atoms with Gasteiger partial charge in [-0.15, -0.1) is 0 Å². The second-order valence-corrected chi connectivity index (χ2v) is 19.6. The van der Waals surface area contributed by atoms with Gasteiger partial charge in [-0.1, -0.05) is 66.7 Å². The zero-order valence-corrected chi connectivity index (χ0v) is 47.2. The van der Waals surface area contributed by atoms with E-state index in [0.717, 1.165) is 27.4 Å². The van der Waals surface area contributed by atoms with Gasteiger partial charge in [0, 0.05) is 78.6 Å². The number of hydrogen-bond donors (Lipinski definition) is 17. The number of aromatic nitrogens is 2. The van der Waals surface area contributed by atoms with Gasteiger partial charge >= 0.3 is 0 Å². The molecule has 0 spiro atoms. The number of carbonyl (C=O) groups is 9. The van der Waals surface area contributed by atoms with Crippen LogP contribution in [-0.4, -0.2) is 149 Å². The van der Waals surface area contributed by atoms with Crippen LogP contribution in [0, 0.1) is 0 Å². The number of aliphatic imine (C=N–C) groups is 2. The molecule has 0 aliphatic rings. The zero-order valence-electron chi connectivity index (χ0n) is 47.4. The van der Waals surface area contributed by atoms with E-state index in [9.17, 15) is 43.2 Å². The molecule has 3 aromatic carbocycles. The number of nitrogens with two attached hydrogens (primary N) is 5. The SMILES string of the molecule is [2H]C(=O)[C@H](CS)NC(=O)[C@H](CCCN=C(N)N)NC(C)=O.[2H]C(=O)[C@H](Cc1c[nH]c2ccccc12)NN[C@@H](C)C(=O)NC(Cc1ccccc1)C(=O)N[C@@H](CCCN=C(N)N)C(=O)NC(Cc1c[nH]c2ccccc12)C(=O)N[C@@H](CS)C(N)=O. The third-order valence-corrected chi connectivity index (χ3v) is 13.2. The molecule has 0 saturated heterocycles. The first-order valence-electron chi connectivity index (χ1n) is 27.1. The normalized spacial score (nSPS) is 14.1. The van der Waals surface area contributed by atoms with Crippen molar-refractivity contribution in [3.63, 3.8) is 0 Å². The first-order chi connectivity index (χ1) is 40.0. The van der Waals surface area contributed by atoms with Crippen molar-refractivity contribution in [1.82, 2.24) is 52.7 Å². The summed E-state index contributed by atoms with van der Waals surface area (Å²) in [6.45, 7) is 3.24. The summed E-state index contributed by atoms with van der Waals surface area (Å²) in [5.41, 5.74) is 36.4. The summed E-state index contributed by atoms with van der Waals surface area (Å²) in [4.78, 5) is 129. The standard InChI is InChI=1S/C43H54N12O6S.C11H21N5O3S/c1-25(54-55-29(23-56)19-27-21-48-32-14-7-5-12-30(27)32)39(58)51-35(18-26-10-3-2-4-11-26)41(60)50-34(16-9-17-47-43(45)46)40(59)52-36(42(61)53-37(24-62)38(44)57)20-28-22-49-33-15-8-6-13-31(28)33;1-7(18)15-9(3-2-4-14-11(12)13)10(19)16-8(5-17)6-20/h2-8,10-15,21-23,25,29,34-37,48-49,54-55,62H,9,16-20,24H2,1H3,(H2,44,57)(H,50,60)(H,51,58)(H,52,59)(H,53,61)(H4,45,46,47);5,8-9,20H,2-4,6H2,1H3,(H,15,18)(H,16,19)(H4,12,13,14)/t25-,29-,34-,35?,36?,37-;8-,9+/m01/s1/i23D;5D. The van der Waals surface area contributed by atoms with Crippen molar-refractivity contribution in [3.05, 3.63) is 108 Å². The summed E-state index contributed by atoms with van der Waals surface area (Å²) in [5, 5.41) is 17.4. The first kappa shape index (κ1) is 62.7. The Morgan fingerprint density at radius 1 is 0.549 bits per heavy atom. The molecule has 8 atom stereocenters. The number of para-hydroxylation sites is 2. The molecule has 0 bridgehead atoms. The summed E-state index contributed by atoms with van der Waals surface area (Å²) in [6, 6.07) is 15.2. The van der Waals surface area contributed by atoms with E-state index >= 15 is 0 Å². The Kier molecular flexibility index (Phi) is 26.5. The highest BCUT2D eigenvalue weighted by atomic mass is 32.1. The fourth-order valence-corrected chi connectivity index (χ4v) is 8.65. The number of aldehydes is 2. The molecule has 0 aliphatic heterocycles. The lowest BCUT2D eigenvalue weighted by Gasteiger charge is -2.27. The molecule has 2 unspecified atom stereocenters. The highest BCUT2D eigenvalue weighted by Crippen LogP contribution is 2.21. The Labute approximate surface area is 487 Å². The molecule has 0 fully saturated rings. The Hall–Kier alpha value is -8.47. The maximum atomic E-state index is 14.3. The monoisotopic (exact) mass is 1170 g/mol. The fourth-order valence-electron chi connectivity index (χ4n) is 8.22. The second kappa shape index (κ2) is 34.6. The van der Waals surface area contributed by atoms with Crippen LogP contribution in [0.15, 0.2) is 101 Å². The maximum absolute atomic E-state index is 14.3. The number of guanidine groups is 2. The van der Waals surface area contributed by atoms with Gasteiger partial charge in [0.1, 0.15) is 45.5 Å². The molecule has 28 heteroatoms. The molecule has 0 aliphatic carbocycles. The smallest absolute Gasteiger partial charge is 0.243 e.